The first kappa shape index (κ1) is 18.3. The molecule has 0 aliphatic heterocycles. The van der Waals surface area contributed by atoms with E-state index in [0.29, 0.717) is 21.3 Å². The van der Waals surface area contributed by atoms with Crippen LogP contribution >= 0.6 is 22.9 Å². The number of imidazole rings is 1. The molecule has 28 heavy (non-hydrogen) atoms. The van der Waals surface area contributed by atoms with Gasteiger partial charge in [0.1, 0.15) is 28.1 Å². The molecule has 0 aliphatic carbocycles. The van der Waals surface area contributed by atoms with Crippen molar-refractivity contribution in [1.82, 2.24) is 9.55 Å². The zero-order valence-corrected chi connectivity index (χ0v) is 16.5. The van der Waals surface area contributed by atoms with E-state index in [2.05, 4.69) is 4.98 Å². The Morgan fingerprint density at radius 1 is 1.25 bits per heavy atom. The molecule has 2 heterocycles. The van der Waals surface area contributed by atoms with Crippen molar-refractivity contribution in [2.75, 3.05) is 5.73 Å². The quantitative estimate of drug-likeness (QED) is 0.469. The number of amides is 1. The molecule has 0 radical (unpaired) electrons. The number of hydrogen-bond acceptors (Lipinski definition) is 5. The fraction of sp³-hybridized carbons (Fsp3) is 0.100. The molecule has 2 aromatic carbocycles. The van der Waals surface area contributed by atoms with E-state index < -0.39 is 5.91 Å². The van der Waals surface area contributed by atoms with E-state index in [4.69, 9.17) is 27.8 Å². The van der Waals surface area contributed by atoms with Gasteiger partial charge in [0, 0.05) is 22.3 Å². The minimum atomic E-state index is -0.550. The lowest BCUT2D eigenvalue weighted by Crippen LogP contribution is -2.12. The lowest BCUT2D eigenvalue weighted by atomic mass is 10.1. The maximum absolute atomic E-state index is 12.0. The molecule has 0 bridgehead atoms. The molecule has 2 aromatic heterocycles. The normalized spacial score (nSPS) is 12.2. The minimum Gasteiger partial charge on any atom is -0.484 e. The van der Waals surface area contributed by atoms with Gasteiger partial charge in [-0.15, -0.1) is 11.3 Å². The summed E-state index contributed by atoms with van der Waals surface area (Å²) in [5.74, 6) is -0.136. The molecular weight excluding hydrogens is 396 g/mol. The number of rotatable bonds is 5. The molecule has 4 rings (SSSR count). The first-order valence-corrected chi connectivity index (χ1v) is 9.71. The number of hydrogen-bond donors (Lipinski definition) is 2. The fourth-order valence-electron chi connectivity index (χ4n) is 3.00. The maximum atomic E-state index is 12.0. The Bertz CT molecular complexity index is 1180. The molecule has 142 valence electrons. The predicted octanol–water partition coefficient (Wildman–Crippen LogP) is 4.56. The van der Waals surface area contributed by atoms with Gasteiger partial charge in [0.2, 0.25) is 0 Å². The Morgan fingerprint density at radius 2 is 2.04 bits per heavy atom. The summed E-state index contributed by atoms with van der Waals surface area (Å²) >= 11 is 7.51. The SMILES string of the molecule is C[C@@H](Oc1cc(-n2cnc3cc(N)ccc32)sc1C(N)=O)c1ccccc1Cl. The minimum absolute atomic E-state index is 0.339. The Morgan fingerprint density at radius 3 is 2.79 bits per heavy atom. The van der Waals surface area contributed by atoms with Crippen LogP contribution in [-0.4, -0.2) is 15.5 Å². The van der Waals surface area contributed by atoms with Crippen LogP contribution in [0.25, 0.3) is 16.0 Å². The summed E-state index contributed by atoms with van der Waals surface area (Å²) in [5.41, 5.74) is 14.5. The average molecular weight is 413 g/mol. The van der Waals surface area contributed by atoms with Gasteiger partial charge in [-0.2, -0.15) is 0 Å². The molecular formula is C20H17ClN4O2S. The molecule has 0 fully saturated rings. The number of anilines is 1. The first-order chi connectivity index (χ1) is 13.4. The van der Waals surface area contributed by atoms with Gasteiger partial charge in [-0.25, -0.2) is 4.98 Å². The number of halogens is 1. The Labute approximate surface area is 170 Å². The van der Waals surface area contributed by atoms with Gasteiger partial charge in [0.05, 0.1) is 11.0 Å². The van der Waals surface area contributed by atoms with E-state index in [0.717, 1.165) is 21.6 Å². The molecule has 0 saturated carbocycles. The molecule has 4 N–H and O–H groups in total. The number of aromatic nitrogens is 2. The summed E-state index contributed by atoms with van der Waals surface area (Å²) in [4.78, 5) is 16.7. The number of primary amides is 1. The number of carbonyl (C=O) groups is 1. The van der Waals surface area contributed by atoms with Crippen molar-refractivity contribution < 1.29 is 9.53 Å². The van der Waals surface area contributed by atoms with Crippen molar-refractivity contribution >= 4 is 45.6 Å². The summed E-state index contributed by atoms with van der Waals surface area (Å²) in [6.45, 7) is 1.87. The Balaban J connectivity index is 1.73. The summed E-state index contributed by atoms with van der Waals surface area (Å²) in [5, 5.41) is 1.37. The second-order valence-electron chi connectivity index (χ2n) is 6.29. The van der Waals surface area contributed by atoms with E-state index in [-0.39, 0.29) is 6.10 Å². The third kappa shape index (κ3) is 3.30. The molecule has 8 heteroatoms. The molecule has 1 amide bonds. The first-order valence-electron chi connectivity index (χ1n) is 8.51. The van der Waals surface area contributed by atoms with Crippen LogP contribution in [0, 0.1) is 0 Å². The van der Waals surface area contributed by atoms with Gasteiger partial charge < -0.3 is 16.2 Å². The number of nitrogens with two attached hydrogens (primary N) is 2. The highest BCUT2D eigenvalue weighted by Crippen LogP contribution is 2.37. The third-order valence-electron chi connectivity index (χ3n) is 4.36. The van der Waals surface area contributed by atoms with Gasteiger partial charge in [-0.3, -0.25) is 9.36 Å². The van der Waals surface area contributed by atoms with E-state index in [1.807, 2.05) is 35.8 Å². The third-order valence-corrected chi connectivity index (χ3v) is 5.84. The van der Waals surface area contributed by atoms with Crippen LogP contribution in [-0.2, 0) is 0 Å². The molecule has 0 spiro atoms. The van der Waals surface area contributed by atoms with Crippen molar-refractivity contribution in [3.8, 4) is 10.8 Å². The van der Waals surface area contributed by atoms with Crippen molar-refractivity contribution in [1.29, 1.82) is 0 Å². The number of nitrogen functional groups attached to an aromatic ring is 1. The second kappa shape index (κ2) is 7.18. The van der Waals surface area contributed by atoms with Crippen LogP contribution < -0.4 is 16.2 Å². The molecule has 0 saturated heterocycles. The van der Waals surface area contributed by atoms with Crippen LogP contribution in [0.3, 0.4) is 0 Å². The van der Waals surface area contributed by atoms with Crippen LogP contribution in [0.1, 0.15) is 28.3 Å². The van der Waals surface area contributed by atoms with E-state index >= 15 is 0 Å². The van der Waals surface area contributed by atoms with Gasteiger partial charge in [0.15, 0.2) is 0 Å². The lowest BCUT2D eigenvalue weighted by Gasteiger charge is -2.16. The number of thiophene rings is 1. The van der Waals surface area contributed by atoms with Crippen molar-refractivity contribution in [3.63, 3.8) is 0 Å². The van der Waals surface area contributed by atoms with Crippen LogP contribution in [0.2, 0.25) is 5.02 Å². The van der Waals surface area contributed by atoms with E-state index in [9.17, 15) is 4.79 Å². The van der Waals surface area contributed by atoms with Gasteiger partial charge >= 0.3 is 0 Å². The number of carbonyl (C=O) groups excluding carboxylic acids is 1. The van der Waals surface area contributed by atoms with Crippen LogP contribution in [0.5, 0.6) is 5.75 Å². The summed E-state index contributed by atoms with van der Waals surface area (Å²) in [6, 6.07) is 14.7. The Hall–Kier alpha value is -3.03. The van der Waals surface area contributed by atoms with Crippen molar-refractivity contribution in [3.05, 3.63) is 70.3 Å². The molecule has 6 nitrogen and oxygen atoms in total. The average Bonchev–Trinajstić information content (AvgIpc) is 3.25. The summed E-state index contributed by atoms with van der Waals surface area (Å²) < 4.78 is 7.93. The second-order valence-corrected chi connectivity index (χ2v) is 7.72. The van der Waals surface area contributed by atoms with Crippen molar-refractivity contribution in [2.24, 2.45) is 5.73 Å². The summed E-state index contributed by atoms with van der Waals surface area (Å²) in [6.07, 6.45) is 1.33. The molecule has 1 atom stereocenters. The highest BCUT2D eigenvalue weighted by molar-refractivity contribution is 7.16. The van der Waals surface area contributed by atoms with E-state index in [1.165, 1.54) is 11.3 Å². The topological polar surface area (TPSA) is 96.2 Å². The number of nitrogens with zero attached hydrogens (tertiary/aromatic N) is 2. The van der Waals surface area contributed by atoms with Crippen LogP contribution in [0.15, 0.2) is 54.9 Å². The van der Waals surface area contributed by atoms with Crippen molar-refractivity contribution in [2.45, 2.75) is 13.0 Å². The highest BCUT2D eigenvalue weighted by Gasteiger charge is 2.20. The summed E-state index contributed by atoms with van der Waals surface area (Å²) in [7, 11) is 0. The predicted molar refractivity (Wildman–Crippen MR) is 112 cm³/mol. The highest BCUT2D eigenvalue weighted by atomic mass is 35.5. The van der Waals surface area contributed by atoms with Gasteiger partial charge in [-0.1, -0.05) is 29.8 Å². The number of benzene rings is 2. The number of ether oxygens (including phenoxy) is 1. The van der Waals surface area contributed by atoms with E-state index in [1.54, 1.807) is 30.6 Å². The molecule has 0 unspecified atom stereocenters. The lowest BCUT2D eigenvalue weighted by molar-refractivity contribution is 0.0998. The Kier molecular flexibility index (Phi) is 4.70. The molecule has 4 aromatic rings. The van der Waals surface area contributed by atoms with Gasteiger partial charge in [0.25, 0.3) is 5.91 Å². The van der Waals surface area contributed by atoms with Crippen LogP contribution in [0.4, 0.5) is 5.69 Å². The molecule has 0 aliphatic rings. The smallest absolute Gasteiger partial charge is 0.262 e. The zero-order valence-electron chi connectivity index (χ0n) is 14.9. The largest absolute Gasteiger partial charge is 0.484 e. The monoisotopic (exact) mass is 412 g/mol. The van der Waals surface area contributed by atoms with Gasteiger partial charge in [-0.05, 0) is 31.2 Å². The zero-order chi connectivity index (χ0) is 19.8. The maximum Gasteiger partial charge on any atom is 0.262 e. The standard InChI is InChI=1S/C20H17ClN4O2S/c1-11(13-4-2-3-5-14(13)21)27-17-9-18(28-19(17)20(23)26)25-10-24-15-8-12(22)6-7-16(15)25/h2-11H,22H2,1H3,(H2,23,26)/t11-/m1/s1. The number of fused-ring (bicyclic) bond motifs is 1. The fourth-order valence-corrected chi connectivity index (χ4v) is 4.22.